The Kier molecular flexibility index (Phi) is 4.84. The van der Waals surface area contributed by atoms with Gasteiger partial charge in [-0.15, -0.1) is 11.3 Å². The fourth-order valence-corrected chi connectivity index (χ4v) is 4.81. The number of fused-ring (bicyclic) bond motifs is 2. The lowest BCUT2D eigenvalue weighted by Gasteiger charge is -2.19. The molecule has 0 N–H and O–H groups in total. The van der Waals surface area contributed by atoms with Crippen molar-refractivity contribution in [3.63, 3.8) is 0 Å². The van der Waals surface area contributed by atoms with Gasteiger partial charge in [-0.2, -0.15) is 0 Å². The molecule has 0 unspecified atom stereocenters. The maximum absolute atomic E-state index is 6.02. The molecular weight excluding hydrogens is 398 g/mol. The number of hydrogen-bond donors (Lipinski definition) is 0. The second-order valence-corrected chi connectivity index (χ2v) is 8.47. The van der Waals surface area contributed by atoms with Crippen LogP contribution in [0.2, 0.25) is 0 Å². The molecule has 0 spiro atoms. The van der Waals surface area contributed by atoms with Crippen LogP contribution in [0.3, 0.4) is 0 Å². The average Bonchev–Trinajstić information content (AvgIpc) is 3.25. The van der Waals surface area contributed by atoms with Crippen molar-refractivity contribution in [2.75, 3.05) is 7.11 Å². The third kappa shape index (κ3) is 3.79. The molecule has 5 heteroatoms. The summed E-state index contributed by atoms with van der Waals surface area (Å²) in [6, 6.07) is 22.3. The summed E-state index contributed by atoms with van der Waals surface area (Å²) >= 11 is 3.37. The maximum atomic E-state index is 6.02. The van der Waals surface area contributed by atoms with Crippen LogP contribution >= 0.6 is 23.1 Å². The number of thiazole rings is 1. The summed E-state index contributed by atoms with van der Waals surface area (Å²) < 4.78 is 11.3. The van der Waals surface area contributed by atoms with Crippen molar-refractivity contribution < 1.29 is 9.47 Å². The minimum atomic E-state index is 0.849. The van der Waals surface area contributed by atoms with Gasteiger partial charge in [-0.1, -0.05) is 42.1 Å². The molecule has 1 aromatic heterocycles. The topological polar surface area (TPSA) is 31.4 Å². The first kappa shape index (κ1) is 18.0. The molecule has 0 fully saturated rings. The van der Waals surface area contributed by atoms with E-state index < -0.39 is 0 Å². The zero-order valence-electron chi connectivity index (χ0n) is 15.7. The number of ether oxygens (including phenoxy) is 2. The molecular formula is C24H17NO2S2. The Morgan fingerprint density at radius 2 is 1.79 bits per heavy atom. The second kappa shape index (κ2) is 7.78. The highest BCUT2D eigenvalue weighted by Gasteiger charge is 2.18. The van der Waals surface area contributed by atoms with Gasteiger partial charge in [0.2, 0.25) is 0 Å². The molecule has 0 atom stereocenters. The van der Waals surface area contributed by atoms with Gasteiger partial charge in [0.05, 0.1) is 22.6 Å². The van der Waals surface area contributed by atoms with Crippen LogP contribution in [0.25, 0.3) is 23.4 Å². The van der Waals surface area contributed by atoms with Crippen molar-refractivity contribution in [1.29, 1.82) is 0 Å². The Morgan fingerprint density at radius 1 is 0.897 bits per heavy atom. The third-order valence-electron chi connectivity index (χ3n) is 4.56. The summed E-state index contributed by atoms with van der Waals surface area (Å²) in [4.78, 5) is 7.03. The average molecular weight is 416 g/mol. The molecule has 5 rings (SSSR count). The largest absolute Gasteiger partial charge is 0.497 e. The van der Waals surface area contributed by atoms with Crippen molar-refractivity contribution in [2.24, 2.45) is 0 Å². The molecule has 0 radical (unpaired) electrons. The van der Waals surface area contributed by atoms with Crippen molar-refractivity contribution in [2.45, 2.75) is 9.79 Å². The molecule has 0 aliphatic carbocycles. The fraction of sp³-hybridized carbons (Fsp3) is 0.0417. The van der Waals surface area contributed by atoms with E-state index >= 15 is 0 Å². The quantitative estimate of drug-likeness (QED) is 0.309. The van der Waals surface area contributed by atoms with E-state index in [1.165, 1.54) is 0 Å². The van der Waals surface area contributed by atoms with Crippen LogP contribution in [0, 0.1) is 0 Å². The molecule has 142 valence electrons. The number of rotatable bonds is 4. The minimum absolute atomic E-state index is 0.849. The first-order valence-electron chi connectivity index (χ1n) is 9.15. The van der Waals surface area contributed by atoms with E-state index in [-0.39, 0.29) is 0 Å². The number of methoxy groups -OCH3 is 1. The van der Waals surface area contributed by atoms with Crippen LogP contribution in [0.1, 0.15) is 10.6 Å². The number of aromatic nitrogens is 1. The molecule has 0 bridgehead atoms. The van der Waals surface area contributed by atoms with Crippen molar-refractivity contribution in [3.8, 4) is 28.5 Å². The van der Waals surface area contributed by atoms with Gasteiger partial charge in [-0.3, -0.25) is 0 Å². The van der Waals surface area contributed by atoms with Crippen LogP contribution in [0.5, 0.6) is 17.2 Å². The third-order valence-corrected chi connectivity index (χ3v) is 6.47. The van der Waals surface area contributed by atoms with Crippen molar-refractivity contribution in [3.05, 3.63) is 82.7 Å². The van der Waals surface area contributed by atoms with Crippen LogP contribution in [-0.2, 0) is 0 Å². The Bertz CT molecular complexity index is 1210. The lowest BCUT2D eigenvalue weighted by atomic mass is 10.1. The Balaban J connectivity index is 1.38. The summed E-state index contributed by atoms with van der Waals surface area (Å²) in [5.74, 6) is 2.66. The second-order valence-electron chi connectivity index (χ2n) is 6.49. The van der Waals surface area contributed by atoms with Crippen molar-refractivity contribution in [1.82, 2.24) is 4.98 Å². The number of benzene rings is 3. The molecule has 3 nitrogen and oxygen atoms in total. The molecule has 0 amide bonds. The Morgan fingerprint density at radius 3 is 2.72 bits per heavy atom. The van der Waals surface area contributed by atoms with Crippen LogP contribution in [0.15, 0.2) is 81.9 Å². The minimum Gasteiger partial charge on any atom is -0.497 e. The van der Waals surface area contributed by atoms with Gasteiger partial charge in [0.1, 0.15) is 22.3 Å². The van der Waals surface area contributed by atoms with E-state index in [9.17, 15) is 0 Å². The lowest BCUT2D eigenvalue weighted by molar-refractivity contribution is 0.414. The molecule has 29 heavy (non-hydrogen) atoms. The molecule has 4 aromatic rings. The Hall–Kier alpha value is -3.02. The number of para-hydroxylation sites is 1. The Labute approximate surface area is 177 Å². The van der Waals surface area contributed by atoms with Gasteiger partial charge in [0.15, 0.2) is 0 Å². The van der Waals surface area contributed by atoms with Gasteiger partial charge in [0, 0.05) is 10.9 Å². The van der Waals surface area contributed by atoms with E-state index in [4.69, 9.17) is 14.5 Å². The summed E-state index contributed by atoms with van der Waals surface area (Å²) in [6.07, 6.45) is 4.09. The van der Waals surface area contributed by atoms with E-state index in [1.54, 1.807) is 30.2 Å². The van der Waals surface area contributed by atoms with Gasteiger partial charge < -0.3 is 9.47 Å². The highest BCUT2D eigenvalue weighted by Crippen LogP contribution is 2.47. The van der Waals surface area contributed by atoms with Gasteiger partial charge in [0.25, 0.3) is 0 Å². The molecule has 3 aromatic carbocycles. The summed E-state index contributed by atoms with van der Waals surface area (Å²) in [5, 5.41) is 3.06. The number of nitrogens with zero attached hydrogens (tertiary/aromatic N) is 1. The number of hydrogen-bond acceptors (Lipinski definition) is 5. The first-order chi connectivity index (χ1) is 14.3. The van der Waals surface area contributed by atoms with Gasteiger partial charge >= 0.3 is 0 Å². The van der Waals surface area contributed by atoms with E-state index in [1.807, 2.05) is 54.6 Å². The van der Waals surface area contributed by atoms with E-state index in [0.717, 1.165) is 48.9 Å². The maximum Gasteiger partial charge on any atom is 0.141 e. The highest BCUT2D eigenvalue weighted by atomic mass is 32.2. The zero-order valence-corrected chi connectivity index (χ0v) is 17.3. The zero-order chi connectivity index (χ0) is 19.6. The van der Waals surface area contributed by atoms with Crippen LogP contribution < -0.4 is 9.47 Å². The van der Waals surface area contributed by atoms with Gasteiger partial charge in [-0.05, 0) is 54.1 Å². The highest BCUT2D eigenvalue weighted by molar-refractivity contribution is 7.99. The monoisotopic (exact) mass is 415 g/mol. The van der Waals surface area contributed by atoms with E-state index in [2.05, 4.69) is 29.7 Å². The first-order valence-corrected chi connectivity index (χ1v) is 10.8. The van der Waals surface area contributed by atoms with Crippen LogP contribution in [0.4, 0.5) is 0 Å². The standard InChI is InChI=1S/C24H17NO2S2/c1-26-18-6-4-5-16(13-18)9-12-24-25-19(15-28-24)17-10-11-21-23(14-17)29-22-8-3-2-7-20(22)27-21/h2-15H,1H3/b12-9+. The predicted octanol–water partition coefficient (Wildman–Crippen LogP) is 7.25. The molecule has 1 aliphatic heterocycles. The summed E-state index contributed by atoms with van der Waals surface area (Å²) in [5.41, 5.74) is 3.15. The smallest absolute Gasteiger partial charge is 0.141 e. The predicted molar refractivity (Wildman–Crippen MR) is 120 cm³/mol. The fourth-order valence-electron chi connectivity index (χ4n) is 3.10. The van der Waals surface area contributed by atoms with Crippen LogP contribution in [-0.4, -0.2) is 12.1 Å². The van der Waals surface area contributed by atoms with Gasteiger partial charge in [-0.25, -0.2) is 4.98 Å². The summed E-state index contributed by atoms with van der Waals surface area (Å²) in [6.45, 7) is 0. The SMILES string of the molecule is COc1cccc(/C=C/c2nc(-c3ccc4c(c3)Sc3ccccc3O4)cs2)c1. The van der Waals surface area contributed by atoms with Crippen molar-refractivity contribution >= 4 is 35.3 Å². The molecule has 1 aliphatic rings. The van der Waals surface area contributed by atoms with E-state index in [0.29, 0.717) is 0 Å². The molecule has 0 saturated carbocycles. The molecule has 2 heterocycles. The summed E-state index contributed by atoms with van der Waals surface area (Å²) in [7, 11) is 1.68. The molecule has 0 saturated heterocycles. The lowest BCUT2D eigenvalue weighted by Crippen LogP contribution is -1.94. The normalized spacial score (nSPS) is 12.3.